The molecule has 0 bridgehead atoms. The minimum atomic E-state index is -1.59. The van der Waals surface area contributed by atoms with Crippen LogP contribution in [0.3, 0.4) is 0 Å². The van der Waals surface area contributed by atoms with Crippen LogP contribution in [0.25, 0.3) is 0 Å². The minimum absolute atomic E-state index is 0.798. The Morgan fingerprint density at radius 3 is 2.07 bits per heavy atom. The van der Waals surface area contributed by atoms with E-state index >= 15 is 0 Å². The zero-order valence-electron chi connectivity index (χ0n) is 10.8. The van der Waals surface area contributed by atoms with E-state index < -0.39 is 16.6 Å². The smallest absolute Gasteiger partial charge is 0.210 e. The lowest BCUT2D eigenvalue weighted by Gasteiger charge is -2.31. The lowest BCUT2D eigenvalue weighted by atomic mass is 10.7. The van der Waals surface area contributed by atoms with Gasteiger partial charge in [-0.15, -0.1) is 13.2 Å². The lowest BCUT2D eigenvalue weighted by molar-refractivity contribution is 0.283. The van der Waals surface area contributed by atoms with Crippen molar-refractivity contribution in [2.24, 2.45) is 0 Å². The summed E-state index contributed by atoms with van der Waals surface area (Å²) >= 11 is 0. The summed E-state index contributed by atoms with van der Waals surface area (Å²) in [5.74, 6) is 0. The second-order valence-corrected chi connectivity index (χ2v) is 13.3. The van der Waals surface area contributed by atoms with E-state index in [0.29, 0.717) is 0 Å². The van der Waals surface area contributed by atoms with Gasteiger partial charge in [0.1, 0.15) is 8.24 Å². The van der Waals surface area contributed by atoms with Crippen molar-refractivity contribution < 1.29 is 4.43 Å². The Morgan fingerprint density at radius 2 is 1.67 bits per heavy atom. The van der Waals surface area contributed by atoms with E-state index in [0.717, 1.165) is 13.2 Å². The Kier molecular flexibility index (Phi) is 5.73. The summed E-state index contributed by atoms with van der Waals surface area (Å²) in [4.78, 5) is 0. The van der Waals surface area contributed by atoms with Gasteiger partial charge < -0.3 is 8.99 Å². The van der Waals surface area contributed by atoms with Gasteiger partial charge in [-0.05, 0) is 20.1 Å². The van der Waals surface area contributed by atoms with Crippen LogP contribution in [-0.4, -0.2) is 41.3 Å². The molecule has 0 aliphatic heterocycles. The van der Waals surface area contributed by atoms with Gasteiger partial charge in [0.05, 0.1) is 0 Å². The lowest BCUT2D eigenvalue weighted by Crippen LogP contribution is -2.46. The van der Waals surface area contributed by atoms with Crippen LogP contribution < -0.4 is 0 Å². The summed E-state index contributed by atoms with van der Waals surface area (Å²) in [6.45, 7) is 18.4. The van der Waals surface area contributed by atoms with Gasteiger partial charge in [0.25, 0.3) is 0 Å². The average Bonchev–Trinajstić information content (AvgIpc) is 2.17. The molecule has 0 aromatic heterocycles. The van der Waals surface area contributed by atoms with Gasteiger partial charge in [-0.25, -0.2) is 0 Å². The van der Waals surface area contributed by atoms with Crippen LogP contribution in [0.2, 0.25) is 26.2 Å². The molecule has 0 rings (SSSR count). The van der Waals surface area contributed by atoms with Gasteiger partial charge in [0.15, 0.2) is 0 Å². The zero-order valence-corrected chi connectivity index (χ0v) is 12.8. The number of hydrogen-bond donors (Lipinski definition) is 0. The highest BCUT2D eigenvalue weighted by atomic mass is 28.4. The molecule has 0 aliphatic carbocycles. The van der Waals surface area contributed by atoms with Gasteiger partial charge in [-0.1, -0.05) is 24.5 Å². The summed E-state index contributed by atoms with van der Waals surface area (Å²) < 4.78 is 8.24. The molecule has 88 valence electrons. The number of rotatable bonds is 7. The monoisotopic (exact) mass is 243 g/mol. The molecule has 0 heterocycles. The molecule has 0 aliphatic rings. The summed E-state index contributed by atoms with van der Waals surface area (Å²) in [5.41, 5.74) is 4.08. The third kappa shape index (κ3) is 5.46. The molecule has 0 spiro atoms. The SMILES string of the molecule is C=C[Si](C)(C)OCCN(C)[Si](C)(C)C=C. The molecule has 0 radical (unpaired) electrons. The maximum atomic E-state index is 5.86. The van der Waals surface area contributed by atoms with E-state index in [1.54, 1.807) is 0 Å². The van der Waals surface area contributed by atoms with Crippen LogP contribution in [-0.2, 0) is 4.43 Å². The molecule has 0 saturated heterocycles. The molecule has 0 saturated carbocycles. The summed E-state index contributed by atoms with van der Waals surface area (Å²) in [5, 5.41) is 0. The molecule has 4 heteroatoms. The average molecular weight is 243 g/mol. The van der Waals surface area contributed by atoms with Gasteiger partial charge in [0, 0.05) is 13.2 Å². The van der Waals surface area contributed by atoms with Crippen molar-refractivity contribution in [3.63, 3.8) is 0 Å². The highest BCUT2D eigenvalue weighted by Gasteiger charge is 2.23. The van der Waals surface area contributed by atoms with Crippen molar-refractivity contribution in [2.75, 3.05) is 20.2 Å². The van der Waals surface area contributed by atoms with Gasteiger partial charge in [-0.3, -0.25) is 0 Å². The Balaban J connectivity index is 3.97. The summed E-state index contributed by atoms with van der Waals surface area (Å²) in [6, 6.07) is 0. The maximum absolute atomic E-state index is 5.86. The predicted octanol–water partition coefficient (Wildman–Crippen LogP) is 2.80. The van der Waals surface area contributed by atoms with Crippen molar-refractivity contribution >= 4 is 16.6 Å². The number of nitrogens with zero attached hydrogens (tertiary/aromatic N) is 1. The van der Waals surface area contributed by atoms with Crippen molar-refractivity contribution in [3.05, 3.63) is 24.6 Å². The van der Waals surface area contributed by atoms with E-state index in [9.17, 15) is 0 Å². The molecular formula is C11H25NOSi2. The van der Waals surface area contributed by atoms with Gasteiger partial charge >= 0.3 is 0 Å². The topological polar surface area (TPSA) is 12.5 Å². The standard InChI is InChI=1S/C11H25NOSi2/c1-8-14(4,5)12(3)10-11-13-15(6,7)9-2/h8-9H,1-2,10-11H2,3-7H3. The first-order valence-corrected chi connectivity index (χ1v) is 11.4. The minimum Gasteiger partial charge on any atom is -0.412 e. The molecule has 0 aromatic rings. The fourth-order valence-corrected chi connectivity index (χ4v) is 2.66. The summed E-state index contributed by atoms with van der Waals surface area (Å²) in [6.07, 6.45) is 0. The van der Waals surface area contributed by atoms with Crippen LogP contribution in [0.15, 0.2) is 24.6 Å². The molecule has 0 unspecified atom stereocenters. The molecule has 0 aromatic carbocycles. The van der Waals surface area contributed by atoms with E-state index in [1.807, 2.05) is 5.70 Å². The van der Waals surface area contributed by atoms with Crippen molar-refractivity contribution in [2.45, 2.75) is 26.2 Å². The van der Waals surface area contributed by atoms with Gasteiger partial charge in [0.2, 0.25) is 8.32 Å². The van der Waals surface area contributed by atoms with Crippen LogP contribution in [0.1, 0.15) is 0 Å². The largest absolute Gasteiger partial charge is 0.412 e. The quantitative estimate of drug-likeness (QED) is 0.638. The maximum Gasteiger partial charge on any atom is 0.210 e. The highest BCUT2D eigenvalue weighted by molar-refractivity contribution is 6.79. The molecule has 0 amide bonds. The zero-order chi connectivity index (χ0) is 12.1. The van der Waals surface area contributed by atoms with Crippen LogP contribution in [0, 0.1) is 0 Å². The first-order chi connectivity index (χ1) is 6.75. The van der Waals surface area contributed by atoms with Crippen molar-refractivity contribution in [3.8, 4) is 0 Å². The number of hydrogen-bond acceptors (Lipinski definition) is 2. The third-order valence-corrected chi connectivity index (χ3v) is 8.00. The van der Waals surface area contributed by atoms with E-state index in [-0.39, 0.29) is 0 Å². The third-order valence-electron chi connectivity index (χ3n) is 2.88. The predicted molar refractivity (Wildman–Crippen MR) is 73.9 cm³/mol. The molecule has 15 heavy (non-hydrogen) atoms. The van der Waals surface area contributed by atoms with Crippen molar-refractivity contribution in [1.29, 1.82) is 0 Å². The molecule has 0 atom stereocenters. The highest BCUT2D eigenvalue weighted by Crippen LogP contribution is 2.09. The Bertz CT molecular complexity index is 227. The normalized spacial score (nSPS) is 12.9. The molecule has 0 fully saturated rings. The van der Waals surface area contributed by atoms with Crippen LogP contribution >= 0.6 is 0 Å². The van der Waals surface area contributed by atoms with E-state index in [4.69, 9.17) is 4.43 Å². The second-order valence-electron chi connectivity index (χ2n) is 4.94. The fraction of sp³-hybridized carbons (Fsp3) is 0.636. The van der Waals surface area contributed by atoms with Crippen LogP contribution in [0.4, 0.5) is 0 Å². The first kappa shape index (κ1) is 14.8. The van der Waals surface area contributed by atoms with Crippen molar-refractivity contribution in [1.82, 2.24) is 4.57 Å². The fourth-order valence-electron chi connectivity index (χ4n) is 0.949. The Morgan fingerprint density at radius 1 is 1.13 bits per heavy atom. The molecule has 2 nitrogen and oxygen atoms in total. The van der Waals surface area contributed by atoms with E-state index in [2.05, 4.69) is 56.7 Å². The van der Waals surface area contributed by atoms with E-state index in [1.165, 1.54) is 0 Å². The molecular weight excluding hydrogens is 218 g/mol. The molecule has 0 N–H and O–H groups in total. The Labute approximate surface area is 96.8 Å². The van der Waals surface area contributed by atoms with Gasteiger partial charge in [-0.2, -0.15) is 0 Å². The first-order valence-electron chi connectivity index (χ1n) is 5.37. The summed E-state index contributed by atoms with van der Waals surface area (Å²) in [7, 11) is -0.814. The van der Waals surface area contributed by atoms with Crippen LogP contribution in [0.5, 0.6) is 0 Å². The second kappa shape index (κ2) is 5.79. The number of likely N-dealkylation sites (N-methyl/N-ethyl adjacent to an activating group) is 1. The Hall–Kier alpha value is -0.166.